The summed E-state index contributed by atoms with van der Waals surface area (Å²) in [6.45, 7) is 2.95. The highest BCUT2D eigenvalue weighted by Gasteiger charge is 2.06. The monoisotopic (exact) mass is 437 g/mol. The van der Waals surface area contributed by atoms with Gasteiger partial charge in [0.25, 0.3) is 0 Å². The molecular weight excluding hydrogens is 413 g/mol. The second-order valence-electron chi connectivity index (χ2n) is 4.69. The molecule has 1 rings (SSSR count). The number of hydrogen-bond donors (Lipinski definition) is 3. The Morgan fingerprint density at radius 1 is 1.26 bits per heavy atom. The summed E-state index contributed by atoms with van der Waals surface area (Å²) in [5, 5.41) is 8.54. The van der Waals surface area contributed by atoms with Gasteiger partial charge in [-0.25, -0.2) is 4.99 Å². The second kappa shape index (κ2) is 11.7. The van der Waals surface area contributed by atoms with E-state index in [1.807, 2.05) is 6.92 Å². The van der Waals surface area contributed by atoms with Crippen LogP contribution in [0, 0.1) is 0 Å². The highest BCUT2D eigenvalue weighted by molar-refractivity contribution is 14.0. The van der Waals surface area contributed by atoms with Crippen LogP contribution >= 0.6 is 24.0 Å². The maximum Gasteiger partial charge on any atom is 0.242 e. The first-order valence-electron chi connectivity index (χ1n) is 7.04. The molecule has 3 N–H and O–H groups in total. The smallest absolute Gasteiger partial charge is 0.242 e. The normalized spacial score (nSPS) is 10.5. The number of nitrogens with zero attached hydrogens (tertiary/aromatic N) is 2. The van der Waals surface area contributed by atoms with Gasteiger partial charge < -0.3 is 25.3 Å². The SMILES string of the molecule is CCNC(=NCC(=O)NCc1ccco1)NCC(=O)N(C)C.I. The fourth-order valence-corrected chi connectivity index (χ4v) is 1.46. The highest BCUT2D eigenvalue weighted by atomic mass is 127. The van der Waals surface area contributed by atoms with Gasteiger partial charge in [-0.1, -0.05) is 0 Å². The topological polar surface area (TPSA) is 99.0 Å². The predicted octanol–water partition coefficient (Wildman–Crippen LogP) is 0.157. The van der Waals surface area contributed by atoms with Crippen LogP contribution < -0.4 is 16.0 Å². The van der Waals surface area contributed by atoms with Gasteiger partial charge in [-0.2, -0.15) is 0 Å². The van der Waals surface area contributed by atoms with Crippen molar-refractivity contribution in [3.63, 3.8) is 0 Å². The zero-order valence-corrected chi connectivity index (χ0v) is 15.9. The zero-order chi connectivity index (χ0) is 16.4. The van der Waals surface area contributed by atoms with Crippen LogP contribution in [0.5, 0.6) is 0 Å². The number of hydrogen-bond acceptors (Lipinski definition) is 4. The fraction of sp³-hybridized carbons (Fsp3) is 0.500. The summed E-state index contributed by atoms with van der Waals surface area (Å²) >= 11 is 0. The highest BCUT2D eigenvalue weighted by Crippen LogP contribution is 1.98. The lowest BCUT2D eigenvalue weighted by Gasteiger charge is -2.14. The van der Waals surface area contributed by atoms with Crippen molar-refractivity contribution in [3.05, 3.63) is 24.2 Å². The maximum atomic E-state index is 11.7. The fourth-order valence-electron chi connectivity index (χ4n) is 1.46. The van der Waals surface area contributed by atoms with E-state index in [-0.39, 0.29) is 48.9 Å². The first kappa shape index (κ1) is 21.2. The lowest BCUT2D eigenvalue weighted by Crippen LogP contribution is -2.43. The van der Waals surface area contributed by atoms with Crippen molar-refractivity contribution in [2.75, 3.05) is 33.7 Å². The van der Waals surface area contributed by atoms with Crippen LogP contribution in [0.15, 0.2) is 27.8 Å². The van der Waals surface area contributed by atoms with E-state index in [0.717, 1.165) is 0 Å². The van der Waals surface area contributed by atoms with Crippen molar-refractivity contribution >= 4 is 41.8 Å². The number of rotatable bonds is 7. The predicted molar refractivity (Wildman–Crippen MR) is 98.6 cm³/mol. The summed E-state index contributed by atoms with van der Waals surface area (Å²) in [5.74, 6) is 0.796. The minimum absolute atomic E-state index is 0. The number of halogens is 1. The van der Waals surface area contributed by atoms with E-state index in [9.17, 15) is 9.59 Å². The average molecular weight is 437 g/mol. The minimum atomic E-state index is -0.229. The Labute approximate surface area is 153 Å². The molecular formula is C14H24IN5O3. The van der Waals surface area contributed by atoms with Gasteiger partial charge in [0.1, 0.15) is 12.3 Å². The average Bonchev–Trinajstić information content (AvgIpc) is 3.00. The first-order valence-corrected chi connectivity index (χ1v) is 7.04. The molecule has 0 saturated carbocycles. The van der Waals surface area contributed by atoms with Crippen molar-refractivity contribution in [3.8, 4) is 0 Å². The van der Waals surface area contributed by atoms with E-state index in [1.165, 1.54) is 4.90 Å². The summed E-state index contributed by atoms with van der Waals surface area (Å²) in [7, 11) is 3.35. The molecule has 0 fully saturated rings. The van der Waals surface area contributed by atoms with Crippen molar-refractivity contribution < 1.29 is 14.0 Å². The zero-order valence-electron chi connectivity index (χ0n) is 13.6. The molecule has 0 atom stereocenters. The molecule has 1 aromatic heterocycles. The van der Waals surface area contributed by atoms with E-state index in [4.69, 9.17) is 4.42 Å². The van der Waals surface area contributed by atoms with E-state index in [2.05, 4.69) is 20.9 Å². The Morgan fingerprint density at radius 2 is 2.00 bits per heavy atom. The van der Waals surface area contributed by atoms with Gasteiger partial charge in [-0.15, -0.1) is 24.0 Å². The lowest BCUT2D eigenvalue weighted by molar-refractivity contribution is -0.127. The van der Waals surface area contributed by atoms with Gasteiger partial charge in [0.2, 0.25) is 11.8 Å². The maximum absolute atomic E-state index is 11.7. The van der Waals surface area contributed by atoms with Crippen LogP contribution in [-0.2, 0) is 16.1 Å². The molecule has 0 spiro atoms. The van der Waals surface area contributed by atoms with Crippen LogP contribution in [0.4, 0.5) is 0 Å². The molecule has 0 aliphatic heterocycles. The number of guanidine groups is 1. The summed E-state index contributed by atoms with van der Waals surface area (Å²) in [6, 6.07) is 3.54. The summed E-state index contributed by atoms with van der Waals surface area (Å²) < 4.78 is 5.12. The summed E-state index contributed by atoms with van der Waals surface area (Å²) in [5.41, 5.74) is 0. The Balaban J connectivity index is 0.00000484. The number of carbonyl (C=O) groups excluding carboxylic acids is 2. The number of furan rings is 1. The Bertz CT molecular complexity index is 503. The number of likely N-dealkylation sites (N-methyl/N-ethyl adjacent to an activating group) is 1. The van der Waals surface area contributed by atoms with Crippen molar-refractivity contribution in [2.24, 2.45) is 4.99 Å². The molecule has 23 heavy (non-hydrogen) atoms. The summed E-state index contributed by atoms with van der Waals surface area (Å²) in [4.78, 5) is 28.8. The van der Waals surface area contributed by atoms with Crippen molar-refractivity contribution in [2.45, 2.75) is 13.5 Å². The Hall–Kier alpha value is -1.78. The molecule has 8 nitrogen and oxygen atoms in total. The quantitative estimate of drug-likeness (QED) is 0.321. The first-order chi connectivity index (χ1) is 10.5. The van der Waals surface area contributed by atoms with E-state index in [0.29, 0.717) is 24.8 Å². The van der Waals surface area contributed by atoms with E-state index >= 15 is 0 Å². The van der Waals surface area contributed by atoms with Gasteiger partial charge in [0.05, 0.1) is 19.4 Å². The molecule has 0 aliphatic rings. The summed E-state index contributed by atoms with van der Waals surface area (Å²) in [6.07, 6.45) is 1.55. The third-order valence-corrected chi connectivity index (χ3v) is 2.67. The Kier molecular flexibility index (Phi) is 10.8. The standard InChI is InChI=1S/C14H23N5O3.HI/c1-4-15-14(18-10-13(21)19(2)3)17-9-12(20)16-8-11-6-5-7-22-11;/h5-7H,4,8-10H2,1-3H3,(H,16,20)(H2,15,17,18);1H. The third kappa shape index (κ3) is 9.06. The van der Waals surface area contributed by atoms with Gasteiger partial charge in [-0.05, 0) is 19.1 Å². The Morgan fingerprint density at radius 3 is 2.57 bits per heavy atom. The van der Waals surface area contributed by atoms with Crippen LogP contribution in [0.2, 0.25) is 0 Å². The molecule has 0 radical (unpaired) electrons. The van der Waals surface area contributed by atoms with Crippen LogP contribution in [-0.4, -0.2) is 56.4 Å². The molecule has 1 heterocycles. The second-order valence-corrected chi connectivity index (χ2v) is 4.69. The molecule has 0 saturated heterocycles. The molecule has 130 valence electrons. The minimum Gasteiger partial charge on any atom is -0.467 e. The van der Waals surface area contributed by atoms with Gasteiger partial charge >= 0.3 is 0 Å². The molecule has 0 bridgehead atoms. The van der Waals surface area contributed by atoms with E-state index < -0.39 is 0 Å². The number of amides is 2. The van der Waals surface area contributed by atoms with Gasteiger partial charge in [0.15, 0.2) is 5.96 Å². The van der Waals surface area contributed by atoms with Crippen LogP contribution in [0.3, 0.4) is 0 Å². The van der Waals surface area contributed by atoms with E-state index in [1.54, 1.807) is 32.5 Å². The molecule has 0 aliphatic carbocycles. The van der Waals surface area contributed by atoms with Crippen LogP contribution in [0.1, 0.15) is 12.7 Å². The van der Waals surface area contributed by atoms with Crippen molar-refractivity contribution in [1.29, 1.82) is 0 Å². The van der Waals surface area contributed by atoms with Crippen LogP contribution in [0.25, 0.3) is 0 Å². The molecule has 0 aromatic carbocycles. The van der Waals surface area contributed by atoms with Gasteiger partial charge in [0, 0.05) is 20.6 Å². The van der Waals surface area contributed by atoms with Gasteiger partial charge in [-0.3, -0.25) is 9.59 Å². The number of carbonyl (C=O) groups is 2. The third-order valence-electron chi connectivity index (χ3n) is 2.67. The molecule has 0 unspecified atom stereocenters. The number of nitrogens with one attached hydrogen (secondary N) is 3. The largest absolute Gasteiger partial charge is 0.467 e. The van der Waals surface area contributed by atoms with Crippen molar-refractivity contribution in [1.82, 2.24) is 20.9 Å². The number of aliphatic imine (C=N–C) groups is 1. The molecule has 1 aromatic rings. The lowest BCUT2D eigenvalue weighted by atomic mass is 10.4. The molecule has 9 heteroatoms. The molecule has 2 amide bonds.